The summed E-state index contributed by atoms with van der Waals surface area (Å²) in [7, 11) is 2.08. The highest BCUT2D eigenvalue weighted by atomic mass is 16.4. The van der Waals surface area contributed by atoms with Gasteiger partial charge in [-0.15, -0.1) is 0 Å². The Morgan fingerprint density at radius 2 is 1.74 bits per heavy atom. The number of likely N-dealkylation sites (N-methyl/N-ethyl adjacent to an activating group) is 1. The maximum absolute atomic E-state index is 11.0. The zero-order valence-electron chi connectivity index (χ0n) is 11.3. The van der Waals surface area contributed by atoms with E-state index in [1.165, 1.54) is 0 Å². The van der Waals surface area contributed by atoms with E-state index in [4.69, 9.17) is 10.2 Å². The highest BCUT2D eigenvalue weighted by Crippen LogP contribution is 2.16. The fraction of sp³-hybridized carbons (Fsp3) is 0.462. The molecule has 0 saturated carbocycles. The Bertz CT molecular complexity index is 395. The van der Waals surface area contributed by atoms with Gasteiger partial charge in [-0.1, -0.05) is 6.08 Å². The molecule has 0 aliphatic carbocycles. The first-order chi connectivity index (χ1) is 8.73. The number of Topliss-reactive ketones (excluding diaryl/α,β-unsaturated/α-hetero) is 1. The minimum absolute atomic E-state index is 0.227. The number of ketones is 1. The van der Waals surface area contributed by atoms with Crippen LogP contribution >= 0.6 is 0 Å². The van der Waals surface area contributed by atoms with E-state index in [0.29, 0.717) is 18.2 Å². The lowest BCUT2D eigenvalue weighted by Crippen LogP contribution is -2.33. The molecule has 6 heteroatoms. The molecule has 0 spiro atoms. The average Bonchev–Trinajstić information content (AvgIpc) is 2.30. The molecule has 2 N–H and O–H groups in total. The van der Waals surface area contributed by atoms with Crippen LogP contribution < -0.4 is 0 Å². The van der Waals surface area contributed by atoms with Gasteiger partial charge in [-0.25, -0.2) is 9.59 Å². The molecule has 0 saturated heterocycles. The maximum atomic E-state index is 11.0. The van der Waals surface area contributed by atoms with E-state index in [2.05, 4.69) is 18.9 Å². The number of carbonyl (C=O) groups excluding carboxylic acids is 1. The van der Waals surface area contributed by atoms with Crippen molar-refractivity contribution in [2.75, 3.05) is 13.6 Å². The van der Waals surface area contributed by atoms with Crippen molar-refractivity contribution < 1.29 is 24.6 Å². The molecule has 1 heterocycles. The highest BCUT2D eigenvalue weighted by Gasteiger charge is 2.17. The normalized spacial score (nSPS) is 19.3. The Hall–Kier alpha value is -1.95. The van der Waals surface area contributed by atoms with Gasteiger partial charge in [0.15, 0.2) is 5.78 Å². The first-order valence-corrected chi connectivity index (χ1v) is 5.78. The van der Waals surface area contributed by atoms with Crippen molar-refractivity contribution in [3.05, 3.63) is 23.8 Å². The summed E-state index contributed by atoms with van der Waals surface area (Å²) >= 11 is 0. The van der Waals surface area contributed by atoms with Crippen molar-refractivity contribution in [2.24, 2.45) is 0 Å². The number of nitrogens with zero attached hydrogens (tertiary/aromatic N) is 1. The predicted octanol–water partition coefficient (Wildman–Crippen LogP) is 0.938. The topological polar surface area (TPSA) is 94.9 Å². The summed E-state index contributed by atoms with van der Waals surface area (Å²) in [5.41, 5.74) is 0.996. The number of carboxylic acids is 2. The van der Waals surface area contributed by atoms with E-state index >= 15 is 0 Å². The molecular formula is C13H19NO5. The summed E-state index contributed by atoms with van der Waals surface area (Å²) in [6.45, 7) is 4.70. The third-order valence-electron chi connectivity index (χ3n) is 2.71. The first kappa shape index (κ1) is 17.1. The van der Waals surface area contributed by atoms with Crippen LogP contribution in [0.4, 0.5) is 0 Å². The van der Waals surface area contributed by atoms with Crippen molar-refractivity contribution in [3.63, 3.8) is 0 Å². The standard InChI is InChI=1S/C9H15NO.C4H4O4/c1-7-6-9(8(2)11)4-5-10(7)3;5-3(6)1-2-4(7)8/h4,7H,5-6H2,1-3H3;1-2H,(H,5,6)(H,7,8). The van der Waals surface area contributed by atoms with Gasteiger partial charge in [0.05, 0.1) is 0 Å². The Labute approximate surface area is 112 Å². The number of carbonyl (C=O) groups is 3. The third kappa shape index (κ3) is 7.88. The van der Waals surface area contributed by atoms with E-state index < -0.39 is 11.9 Å². The zero-order valence-corrected chi connectivity index (χ0v) is 11.3. The van der Waals surface area contributed by atoms with Gasteiger partial charge in [0.25, 0.3) is 0 Å². The highest BCUT2D eigenvalue weighted by molar-refractivity contribution is 5.93. The molecule has 0 aromatic heterocycles. The quantitative estimate of drug-likeness (QED) is 0.740. The van der Waals surface area contributed by atoms with Gasteiger partial charge in [0.1, 0.15) is 0 Å². The molecule has 0 aromatic carbocycles. The number of rotatable bonds is 3. The Morgan fingerprint density at radius 1 is 1.26 bits per heavy atom. The molecule has 19 heavy (non-hydrogen) atoms. The van der Waals surface area contributed by atoms with Gasteiger partial charge < -0.3 is 10.2 Å². The SMILES string of the molecule is CC(=O)C1=CCN(C)C(C)C1.O=C(O)C=CC(=O)O. The fourth-order valence-corrected chi connectivity index (χ4v) is 1.42. The molecule has 1 rings (SSSR count). The molecule has 0 aromatic rings. The molecule has 6 nitrogen and oxygen atoms in total. The van der Waals surface area contributed by atoms with Gasteiger partial charge in [0, 0.05) is 24.7 Å². The molecule has 1 aliphatic heterocycles. The first-order valence-electron chi connectivity index (χ1n) is 5.78. The second-order valence-electron chi connectivity index (χ2n) is 4.29. The van der Waals surface area contributed by atoms with Gasteiger partial charge in [0.2, 0.25) is 0 Å². The maximum Gasteiger partial charge on any atom is 0.328 e. The van der Waals surface area contributed by atoms with Crippen LogP contribution in [0.25, 0.3) is 0 Å². The largest absolute Gasteiger partial charge is 0.478 e. The number of hydrogen-bond donors (Lipinski definition) is 2. The van der Waals surface area contributed by atoms with Crippen molar-refractivity contribution in [1.82, 2.24) is 4.90 Å². The summed E-state index contributed by atoms with van der Waals surface area (Å²) in [5, 5.41) is 15.6. The fourth-order valence-electron chi connectivity index (χ4n) is 1.42. The smallest absolute Gasteiger partial charge is 0.328 e. The van der Waals surface area contributed by atoms with Gasteiger partial charge in [-0.2, -0.15) is 0 Å². The van der Waals surface area contributed by atoms with Crippen LogP contribution in [-0.4, -0.2) is 52.5 Å². The number of carboxylic acid groups (broad SMARTS) is 2. The molecule has 1 atom stereocenters. The van der Waals surface area contributed by atoms with Crippen molar-refractivity contribution in [2.45, 2.75) is 26.3 Å². The predicted molar refractivity (Wildman–Crippen MR) is 69.9 cm³/mol. The summed E-state index contributed by atoms with van der Waals surface area (Å²) < 4.78 is 0. The van der Waals surface area contributed by atoms with Crippen molar-refractivity contribution >= 4 is 17.7 Å². The Kier molecular flexibility index (Phi) is 7.36. The van der Waals surface area contributed by atoms with E-state index in [1.807, 2.05) is 6.08 Å². The summed E-state index contributed by atoms with van der Waals surface area (Å²) in [6.07, 6.45) is 4.05. The van der Waals surface area contributed by atoms with Gasteiger partial charge in [-0.05, 0) is 32.9 Å². The second kappa shape index (κ2) is 8.20. The van der Waals surface area contributed by atoms with Gasteiger partial charge in [-0.3, -0.25) is 9.69 Å². The lowest BCUT2D eigenvalue weighted by Gasteiger charge is -2.28. The molecular weight excluding hydrogens is 250 g/mol. The molecule has 1 aliphatic rings. The number of aliphatic carboxylic acids is 2. The van der Waals surface area contributed by atoms with Crippen LogP contribution in [0.5, 0.6) is 0 Å². The zero-order chi connectivity index (χ0) is 15.0. The van der Waals surface area contributed by atoms with Crippen LogP contribution in [0.1, 0.15) is 20.3 Å². The minimum Gasteiger partial charge on any atom is -0.478 e. The summed E-state index contributed by atoms with van der Waals surface area (Å²) in [6, 6.07) is 0.513. The third-order valence-corrected chi connectivity index (χ3v) is 2.71. The molecule has 0 amide bonds. The van der Waals surface area contributed by atoms with Crippen molar-refractivity contribution in [1.29, 1.82) is 0 Å². The lowest BCUT2D eigenvalue weighted by atomic mass is 9.99. The van der Waals surface area contributed by atoms with Gasteiger partial charge >= 0.3 is 11.9 Å². The van der Waals surface area contributed by atoms with E-state index in [0.717, 1.165) is 18.5 Å². The van der Waals surface area contributed by atoms with E-state index in [-0.39, 0.29) is 5.78 Å². The number of hydrogen-bond acceptors (Lipinski definition) is 4. The van der Waals surface area contributed by atoms with Crippen LogP contribution in [0.15, 0.2) is 23.8 Å². The summed E-state index contributed by atoms with van der Waals surface area (Å²) in [5.74, 6) is -2.29. The molecule has 1 unspecified atom stereocenters. The molecule has 0 bridgehead atoms. The second-order valence-corrected chi connectivity index (χ2v) is 4.29. The van der Waals surface area contributed by atoms with E-state index in [9.17, 15) is 14.4 Å². The lowest BCUT2D eigenvalue weighted by molar-refractivity contribution is -0.134. The minimum atomic E-state index is -1.26. The van der Waals surface area contributed by atoms with Crippen LogP contribution in [0.2, 0.25) is 0 Å². The van der Waals surface area contributed by atoms with Crippen LogP contribution in [0, 0.1) is 0 Å². The summed E-state index contributed by atoms with van der Waals surface area (Å²) in [4.78, 5) is 32.3. The molecule has 106 valence electrons. The average molecular weight is 269 g/mol. The molecule has 0 radical (unpaired) electrons. The monoisotopic (exact) mass is 269 g/mol. The Balaban J connectivity index is 0.000000362. The van der Waals surface area contributed by atoms with E-state index in [1.54, 1.807) is 6.92 Å². The van der Waals surface area contributed by atoms with Crippen molar-refractivity contribution in [3.8, 4) is 0 Å². The Morgan fingerprint density at radius 3 is 2.05 bits per heavy atom. The van der Waals surface area contributed by atoms with Crippen LogP contribution in [-0.2, 0) is 14.4 Å². The van der Waals surface area contributed by atoms with Crippen LogP contribution in [0.3, 0.4) is 0 Å². The molecule has 0 fully saturated rings.